The predicted molar refractivity (Wildman–Crippen MR) is 130 cm³/mol. The van der Waals surface area contributed by atoms with Crippen molar-refractivity contribution < 1.29 is 23.9 Å². The number of nitro groups is 1. The van der Waals surface area contributed by atoms with Gasteiger partial charge in [-0.05, 0) is 53.6 Å². The minimum absolute atomic E-state index is 0.0243. The second-order valence-electron chi connectivity index (χ2n) is 7.09. The first-order valence-electron chi connectivity index (χ1n) is 9.86. The lowest BCUT2D eigenvalue weighted by molar-refractivity contribution is -0.384. The van der Waals surface area contributed by atoms with Crippen LogP contribution >= 0.6 is 27.5 Å². The third-order valence-electron chi connectivity index (χ3n) is 4.78. The van der Waals surface area contributed by atoms with Gasteiger partial charge >= 0.3 is 5.97 Å². The molecule has 0 aliphatic carbocycles. The van der Waals surface area contributed by atoms with Crippen LogP contribution in [-0.2, 0) is 16.1 Å². The number of methoxy groups -OCH3 is 1. The summed E-state index contributed by atoms with van der Waals surface area (Å²) in [5.74, 6) is 0.294. The Morgan fingerprint density at radius 3 is 2.71 bits per heavy atom. The van der Waals surface area contributed by atoms with E-state index in [-0.39, 0.29) is 27.9 Å². The van der Waals surface area contributed by atoms with Gasteiger partial charge in [0.15, 0.2) is 17.2 Å². The number of hydrogen-bond donors (Lipinski definition) is 0. The molecule has 0 saturated heterocycles. The van der Waals surface area contributed by atoms with Crippen LogP contribution in [0.5, 0.6) is 11.5 Å². The van der Waals surface area contributed by atoms with Gasteiger partial charge in [-0.15, -0.1) is 0 Å². The summed E-state index contributed by atoms with van der Waals surface area (Å²) < 4.78 is 17.5. The highest BCUT2D eigenvalue weighted by molar-refractivity contribution is 9.10. The SMILES string of the molecule is COc1cc(/C=C2\N=C(c3ccc(Cl)c([N+](=O)[O-])c3)OC2=O)ccc1OCc1cccc(Br)c1. The lowest BCUT2D eigenvalue weighted by atomic mass is 10.1. The Balaban J connectivity index is 1.56. The molecular weight excluding hydrogens is 528 g/mol. The number of halogens is 2. The standard InChI is InChI=1S/C24H16BrClN2O6/c1-32-22-11-14(5-8-21(22)33-13-15-3-2-4-17(25)9-15)10-19-24(29)34-23(27-19)16-6-7-18(26)20(12-16)28(30)31/h2-12H,13H2,1H3/b19-10-. The number of ether oxygens (including phenoxy) is 3. The van der Waals surface area contributed by atoms with Crippen molar-refractivity contribution in [3.8, 4) is 11.5 Å². The van der Waals surface area contributed by atoms with E-state index < -0.39 is 10.9 Å². The van der Waals surface area contributed by atoms with Crippen molar-refractivity contribution in [2.75, 3.05) is 7.11 Å². The van der Waals surface area contributed by atoms with Gasteiger partial charge in [0.05, 0.1) is 12.0 Å². The summed E-state index contributed by atoms with van der Waals surface area (Å²) in [5.41, 5.74) is 1.61. The van der Waals surface area contributed by atoms with Crippen molar-refractivity contribution in [1.82, 2.24) is 0 Å². The van der Waals surface area contributed by atoms with E-state index in [1.165, 1.54) is 31.4 Å². The molecule has 0 amide bonds. The van der Waals surface area contributed by atoms with E-state index >= 15 is 0 Å². The van der Waals surface area contributed by atoms with Crippen LogP contribution in [0.1, 0.15) is 16.7 Å². The Hall–Kier alpha value is -3.69. The van der Waals surface area contributed by atoms with Gasteiger partial charge in [0, 0.05) is 16.1 Å². The molecule has 8 nitrogen and oxygen atoms in total. The molecule has 0 radical (unpaired) electrons. The first-order chi connectivity index (χ1) is 16.3. The maximum Gasteiger partial charge on any atom is 0.363 e. The summed E-state index contributed by atoms with van der Waals surface area (Å²) in [7, 11) is 1.52. The zero-order valence-electron chi connectivity index (χ0n) is 17.7. The summed E-state index contributed by atoms with van der Waals surface area (Å²) in [6.07, 6.45) is 1.53. The van der Waals surface area contributed by atoms with Gasteiger partial charge < -0.3 is 14.2 Å². The number of cyclic esters (lactones) is 1. The molecule has 0 aromatic heterocycles. The fraction of sp³-hybridized carbons (Fsp3) is 0.0833. The molecule has 3 aromatic rings. The summed E-state index contributed by atoms with van der Waals surface area (Å²) in [5, 5.41) is 11.1. The van der Waals surface area contributed by atoms with E-state index in [0.717, 1.165) is 10.0 Å². The van der Waals surface area contributed by atoms with Crippen LogP contribution in [0.25, 0.3) is 6.08 Å². The van der Waals surface area contributed by atoms with E-state index in [2.05, 4.69) is 20.9 Å². The van der Waals surface area contributed by atoms with Crippen molar-refractivity contribution in [3.63, 3.8) is 0 Å². The topological polar surface area (TPSA) is 100 Å². The van der Waals surface area contributed by atoms with E-state index in [1.807, 2.05) is 24.3 Å². The molecule has 3 aromatic carbocycles. The molecule has 0 spiro atoms. The third kappa shape index (κ3) is 5.27. The Morgan fingerprint density at radius 2 is 1.97 bits per heavy atom. The van der Waals surface area contributed by atoms with Crippen LogP contribution in [0, 0.1) is 10.1 Å². The molecule has 0 atom stereocenters. The van der Waals surface area contributed by atoms with Crippen molar-refractivity contribution >= 4 is 51.2 Å². The van der Waals surface area contributed by atoms with Gasteiger partial charge in [-0.25, -0.2) is 9.79 Å². The monoisotopic (exact) mass is 542 g/mol. The Bertz CT molecular complexity index is 1360. The molecule has 0 saturated carbocycles. The van der Waals surface area contributed by atoms with Gasteiger partial charge in [-0.1, -0.05) is 45.7 Å². The van der Waals surface area contributed by atoms with E-state index in [4.69, 9.17) is 25.8 Å². The zero-order valence-corrected chi connectivity index (χ0v) is 20.0. The van der Waals surface area contributed by atoms with E-state index in [0.29, 0.717) is 23.7 Å². The average molecular weight is 544 g/mol. The Morgan fingerprint density at radius 1 is 1.15 bits per heavy atom. The molecule has 1 aliphatic rings. The summed E-state index contributed by atoms with van der Waals surface area (Å²) in [4.78, 5) is 27.0. The number of carbonyl (C=O) groups excluding carboxylic acids is 1. The van der Waals surface area contributed by atoms with Gasteiger partial charge in [-0.2, -0.15) is 0 Å². The second kappa shape index (κ2) is 10.1. The molecule has 1 heterocycles. The van der Waals surface area contributed by atoms with Crippen molar-refractivity contribution in [1.29, 1.82) is 0 Å². The lowest BCUT2D eigenvalue weighted by Crippen LogP contribution is -2.06. The summed E-state index contributed by atoms with van der Waals surface area (Å²) in [6, 6.07) is 17.0. The highest BCUT2D eigenvalue weighted by Crippen LogP contribution is 2.31. The fourth-order valence-corrected chi connectivity index (χ4v) is 3.79. The first kappa shape index (κ1) is 23.5. The van der Waals surface area contributed by atoms with Crippen LogP contribution < -0.4 is 9.47 Å². The number of rotatable bonds is 7. The average Bonchev–Trinajstić information content (AvgIpc) is 3.18. The van der Waals surface area contributed by atoms with Gasteiger partial charge in [0.25, 0.3) is 5.69 Å². The van der Waals surface area contributed by atoms with E-state index in [9.17, 15) is 14.9 Å². The third-order valence-corrected chi connectivity index (χ3v) is 5.60. The first-order valence-corrected chi connectivity index (χ1v) is 11.0. The molecule has 0 bridgehead atoms. The van der Waals surface area contributed by atoms with Crippen molar-refractivity contribution in [3.05, 3.63) is 103 Å². The number of carbonyl (C=O) groups is 1. The largest absolute Gasteiger partial charge is 0.493 e. The number of nitrogens with zero attached hydrogens (tertiary/aromatic N) is 2. The van der Waals surface area contributed by atoms with Crippen molar-refractivity contribution in [2.24, 2.45) is 4.99 Å². The van der Waals surface area contributed by atoms with Crippen molar-refractivity contribution in [2.45, 2.75) is 6.61 Å². The number of esters is 1. The Kier molecular flexibility index (Phi) is 6.95. The quantitative estimate of drug-likeness (QED) is 0.158. The molecule has 10 heteroatoms. The molecule has 34 heavy (non-hydrogen) atoms. The highest BCUT2D eigenvalue weighted by atomic mass is 79.9. The minimum atomic E-state index is -0.679. The lowest BCUT2D eigenvalue weighted by Gasteiger charge is -2.11. The predicted octanol–water partition coefficient (Wildman–Crippen LogP) is 5.94. The van der Waals surface area contributed by atoms with Crippen LogP contribution in [0.3, 0.4) is 0 Å². The molecular formula is C24H16BrClN2O6. The fourth-order valence-electron chi connectivity index (χ4n) is 3.16. The van der Waals surface area contributed by atoms with Crippen LogP contribution in [-0.4, -0.2) is 23.9 Å². The van der Waals surface area contributed by atoms with Crippen LogP contribution in [0.2, 0.25) is 5.02 Å². The maximum atomic E-state index is 12.3. The maximum absolute atomic E-state index is 12.3. The molecule has 172 valence electrons. The van der Waals surface area contributed by atoms with Crippen LogP contribution in [0.15, 0.2) is 75.8 Å². The summed E-state index contributed by atoms with van der Waals surface area (Å²) >= 11 is 9.28. The minimum Gasteiger partial charge on any atom is -0.493 e. The van der Waals surface area contributed by atoms with Crippen LogP contribution in [0.4, 0.5) is 5.69 Å². The molecule has 1 aliphatic heterocycles. The molecule has 4 rings (SSSR count). The van der Waals surface area contributed by atoms with Gasteiger partial charge in [-0.3, -0.25) is 10.1 Å². The van der Waals surface area contributed by atoms with Gasteiger partial charge in [0.1, 0.15) is 11.6 Å². The molecule has 0 N–H and O–H groups in total. The molecule has 0 fully saturated rings. The summed E-state index contributed by atoms with van der Waals surface area (Å²) in [6.45, 7) is 0.351. The number of benzene rings is 3. The normalized spacial score (nSPS) is 14.0. The molecule has 0 unspecified atom stereocenters. The zero-order chi connectivity index (χ0) is 24.2. The number of nitro benzene ring substituents is 1. The smallest absolute Gasteiger partial charge is 0.363 e. The van der Waals surface area contributed by atoms with E-state index in [1.54, 1.807) is 18.2 Å². The number of aliphatic imine (C=N–C) groups is 1. The Labute approximate surface area is 207 Å². The van der Waals surface area contributed by atoms with Gasteiger partial charge in [0.2, 0.25) is 5.90 Å². The second-order valence-corrected chi connectivity index (χ2v) is 8.41. The highest BCUT2D eigenvalue weighted by Gasteiger charge is 2.26. The number of hydrogen-bond acceptors (Lipinski definition) is 7.